The Bertz CT molecular complexity index is 912. The minimum Gasteiger partial charge on any atom is -0.446 e. The van der Waals surface area contributed by atoms with Crippen LogP contribution in [-0.4, -0.2) is 17.8 Å². The summed E-state index contributed by atoms with van der Waals surface area (Å²) in [6, 6.07) is 12.8. The maximum absolute atomic E-state index is 13.7. The molecule has 1 aliphatic carbocycles. The predicted octanol–water partition coefficient (Wildman–Crippen LogP) is 4.80. The predicted molar refractivity (Wildman–Crippen MR) is 95.0 cm³/mol. The van der Waals surface area contributed by atoms with E-state index in [4.69, 9.17) is 4.74 Å². The van der Waals surface area contributed by atoms with E-state index in [1.54, 1.807) is 17.8 Å². The lowest BCUT2D eigenvalue weighted by Crippen LogP contribution is -2.24. The third kappa shape index (κ3) is 2.21. The maximum atomic E-state index is 13.7. The molecule has 2 nitrogen and oxygen atoms in total. The summed E-state index contributed by atoms with van der Waals surface area (Å²) in [7, 11) is 0. The van der Waals surface area contributed by atoms with Crippen molar-refractivity contribution >= 4 is 35.0 Å². The molecule has 2 aromatic carbocycles. The van der Waals surface area contributed by atoms with Crippen LogP contribution in [0.1, 0.15) is 23.6 Å². The van der Waals surface area contributed by atoms with Gasteiger partial charge in [-0.2, -0.15) is 0 Å². The smallest absolute Gasteiger partial charge is 0.332 e. The average molecular weight is 338 g/mol. The summed E-state index contributed by atoms with van der Waals surface area (Å²) < 4.78 is 19.3. The van der Waals surface area contributed by atoms with E-state index in [-0.39, 0.29) is 11.8 Å². The van der Waals surface area contributed by atoms with Crippen LogP contribution in [0.2, 0.25) is 0 Å². The quantitative estimate of drug-likeness (QED) is 0.581. The van der Waals surface area contributed by atoms with Gasteiger partial charge in [0.05, 0.1) is 0 Å². The van der Waals surface area contributed by atoms with Gasteiger partial charge in [-0.15, -0.1) is 11.8 Å². The van der Waals surface area contributed by atoms with Crippen molar-refractivity contribution in [3.63, 3.8) is 0 Å². The van der Waals surface area contributed by atoms with Crippen molar-refractivity contribution in [2.75, 3.05) is 6.26 Å². The molecule has 1 unspecified atom stereocenters. The third-order valence-electron chi connectivity index (χ3n) is 4.58. The molecule has 0 amide bonds. The number of hydrogen-bond donors (Lipinski definition) is 0. The molecular weight excluding hydrogens is 323 g/mol. The average Bonchev–Trinajstić information content (AvgIpc) is 2.98. The standard InChI is InChI=1S/C20H15FO2S/c1-20-17(9-12-3-6-14(24-2)7-4-12)15-8-5-13(21)10-16(15)18(20)11-19(22)23-20/h3-11H,1-2H3/b17-9+. The fourth-order valence-corrected chi connectivity index (χ4v) is 3.80. The van der Waals surface area contributed by atoms with Crippen LogP contribution in [0, 0.1) is 5.82 Å². The fraction of sp³-hybridized carbons (Fsp3) is 0.150. The minimum atomic E-state index is -0.856. The molecule has 1 aliphatic heterocycles. The molecule has 0 N–H and O–H groups in total. The zero-order chi connectivity index (χ0) is 16.9. The number of benzene rings is 2. The van der Waals surface area contributed by atoms with E-state index in [0.29, 0.717) is 0 Å². The Hall–Kier alpha value is -2.33. The highest BCUT2D eigenvalue weighted by Gasteiger charge is 2.49. The summed E-state index contributed by atoms with van der Waals surface area (Å²) in [5, 5.41) is 0. The highest BCUT2D eigenvalue weighted by atomic mass is 32.2. The van der Waals surface area contributed by atoms with Crippen LogP contribution in [0.15, 0.2) is 53.4 Å². The van der Waals surface area contributed by atoms with E-state index in [2.05, 4.69) is 12.1 Å². The molecule has 0 saturated carbocycles. The second-order valence-electron chi connectivity index (χ2n) is 6.03. The van der Waals surface area contributed by atoms with Crippen LogP contribution in [0.25, 0.3) is 17.2 Å². The van der Waals surface area contributed by atoms with Gasteiger partial charge in [0.25, 0.3) is 0 Å². The lowest BCUT2D eigenvalue weighted by Gasteiger charge is -2.23. The number of rotatable bonds is 2. The number of ether oxygens (including phenoxy) is 1. The van der Waals surface area contributed by atoms with Crippen molar-refractivity contribution in [3.8, 4) is 0 Å². The molecule has 0 aromatic heterocycles. The SMILES string of the molecule is CSc1ccc(/C=C2\c3ccc(F)cc3C3=CC(=O)OC32C)cc1. The molecule has 1 heterocycles. The van der Waals surface area contributed by atoms with Crippen LogP contribution in [0.3, 0.4) is 0 Å². The first-order chi connectivity index (χ1) is 11.5. The number of esters is 1. The molecule has 2 aromatic rings. The van der Waals surface area contributed by atoms with Gasteiger partial charge in [0, 0.05) is 22.1 Å². The summed E-state index contributed by atoms with van der Waals surface area (Å²) in [5.41, 5.74) is 3.41. The van der Waals surface area contributed by atoms with E-state index in [1.807, 2.05) is 31.4 Å². The molecule has 0 saturated heterocycles. The van der Waals surface area contributed by atoms with Gasteiger partial charge < -0.3 is 4.74 Å². The summed E-state index contributed by atoms with van der Waals surface area (Å²) in [5.74, 6) is -0.701. The van der Waals surface area contributed by atoms with Crippen molar-refractivity contribution in [1.82, 2.24) is 0 Å². The maximum Gasteiger partial charge on any atom is 0.332 e. The van der Waals surface area contributed by atoms with E-state index < -0.39 is 5.60 Å². The van der Waals surface area contributed by atoms with Gasteiger partial charge in [0.1, 0.15) is 5.82 Å². The first-order valence-electron chi connectivity index (χ1n) is 7.63. The molecule has 0 spiro atoms. The van der Waals surface area contributed by atoms with Crippen LogP contribution < -0.4 is 0 Å². The van der Waals surface area contributed by atoms with E-state index >= 15 is 0 Å². The number of fused-ring (bicyclic) bond motifs is 3. The Morgan fingerprint density at radius 2 is 1.88 bits per heavy atom. The van der Waals surface area contributed by atoms with Crippen molar-refractivity contribution in [1.29, 1.82) is 0 Å². The second kappa shape index (κ2) is 5.35. The largest absolute Gasteiger partial charge is 0.446 e. The van der Waals surface area contributed by atoms with Gasteiger partial charge in [-0.3, -0.25) is 0 Å². The Morgan fingerprint density at radius 3 is 2.58 bits per heavy atom. The van der Waals surface area contributed by atoms with Gasteiger partial charge in [-0.05, 0) is 60.2 Å². The van der Waals surface area contributed by atoms with E-state index in [9.17, 15) is 9.18 Å². The molecule has 1 atom stereocenters. The normalized spacial score (nSPS) is 23.0. The molecule has 0 radical (unpaired) electrons. The Balaban J connectivity index is 1.89. The zero-order valence-electron chi connectivity index (χ0n) is 13.3. The number of thioether (sulfide) groups is 1. The Morgan fingerprint density at radius 1 is 1.12 bits per heavy atom. The number of carbonyl (C=O) groups is 1. The van der Waals surface area contributed by atoms with Gasteiger partial charge >= 0.3 is 5.97 Å². The highest BCUT2D eigenvalue weighted by Crippen LogP contribution is 2.53. The molecule has 120 valence electrons. The number of carbonyl (C=O) groups excluding carboxylic acids is 1. The van der Waals surface area contributed by atoms with Crippen molar-refractivity contribution in [3.05, 3.63) is 71.0 Å². The molecule has 0 fully saturated rings. The highest BCUT2D eigenvalue weighted by molar-refractivity contribution is 7.98. The van der Waals surface area contributed by atoms with Crippen molar-refractivity contribution < 1.29 is 13.9 Å². The molecule has 4 rings (SSSR count). The van der Waals surface area contributed by atoms with Crippen LogP contribution >= 0.6 is 11.8 Å². The Labute approximate surface area is 144 Å². The summed E-state index contributed by atoms with van der Waals surface area (Å²) in [6.45, 7) is 1.86. The minimum absolute atomic E-state index is 0.318. The lowest BCUT2D eigenvalue weighted by atomic mass is 9.92. The molecule has 0 bridgehead atoms. The molecule has 24 heavy (non-hydrogen) atoms. The Kier molecular flexibility index (Phi) is 3.39. The van der Waals surface area contributed by atoms with E-state index in [0.717, 1.165) is 27.8 Å². The molecule has 4 heteroatoms. The first kappa shape index (κ1) is 15.2. The summed E-state index contributed by atoms with van der Waals surface area (Å²) in [4.78, 5) is 13.0. The number of hydrogen-bond acceptors (Lipinski definition) is 3. The van der Waals surface area contributed by atoms with Crippen LogP contribution in [0.5, 0.6) is 0 Å². The van der Waals surface area contributed by atoms with Gasteiger partial charge in [0.2, 0.25) is 0 Å². The van der Waals surface area contributed by atoms with Gasteiger partial charge in [-0.1, -0.05) is 18.2 Å². The summed E-state index contributed by atoms with van der Waals surface area (Å²) >= 11 is 1.68. The number of halogens is 1. The third-order valence-corrected chi connectivity index (χ3v) is 5.33. The van der Waals surface area contributed by atoms with Gasteiger partial charge in [0.15, 0.2) is 5.60 Å². The molecular formula is C20H15FO2S. The second-order valence-corrected chi connectivity index (χ2v) is 6.91. The fourth-order valence-electron chi connectivity index (χ4n) is 3.39. The van der Waals surface area contributed by atoms with Crippen molar-refractivity contribution in [2.24, 2.45) is 0 Å². The molecule has 2 aliphatic rings. The van der Waals surface area contributed by atoms with Crippen LogP contribution in [0.4, 0.5) is 4.39 Å². The monoisotopic (exact) mass is 338 g/mol. The zero-order valence-corrected chi connectivity index (χ0v) is 14.1. The van der Waals surface area contributed by atoms with Crippen molar-refractivity contribution in [2.45, 2.75) is 17.4 Å². The first-order valence-corrected chi connectivity index (χ1v) is 8.85. The van der Waals surface area contributed by atoms with Gasteiger partial charge in [-0.25, -0.2) is 9.18 Å². The van der Waals surface area contributed by atoms with Crippen LogP contribution in [-0.2, 0) is 9.53 Å². The lowest BCUT2D eigenvalue weighted by molar-refractivity contribution is -0.140. The summed E-state index contributed by atoms with van der Waals surface area (Å²) in [6.07, 6.45) is 5.52. The topological polar surface area (TPSA) is 26.3 Å². The van der Waals surface area contributed by atoms with E-state index in [1.165, 1.54) is 23.1 Å².